The quantitative estimate of drug-likeness (QED) is 0.798. The second kappa shape index (κ2) is 7.67. The maximum absolute atomic E-state index is 13.7. The summed E-state index contributed by atoms with van der Waals surface area (Å²) in [5, 5.41) is 0. The van der Waals surface area contributed by atoms with E-state index in [9.17, 15) is 13.6 Å². The number of hydrogen-bond acceptors (Lipinski definition) is 3. The van der Waals surface area contributed by atoms with Crippen LogP contribution in [0.25, 0.3) is 6.08 Å². The molecule has 1 aliphatic rings. The van der Waals surface area contributed by atoms with E-state index in [0.29, 0.717) is 12.1 Å². The molecule has 1 N–H and O–H groups in total. The minimum Gasteiger partial charge on any atom is -0.485 e. The molecule has 1 aromatic heterocycles. The summed E-state index contributed by atoms with van der Waals surface area (Å²) in [6.45, 7) is 3.95. The highest BCUT2D eigenvalue weighted by Gasteiger charge is 2.14. The van der Waals surface area contributed by atoms with Crippen LogP contribution >= 0.6 is 0 Å². The van der Waals surface area contributed by atoms with Crippen molar-refractivity contribution < 1.29 is 18.3 Å². The van der Waals surface area contributed by atoms with Crippen molar-refractivity contribution in [2.75, 3.05) is 0 Å². The molecule has 122 valence electrons. The van der Waals surface area contributed by atoms with Crippen LogP contribution in [0.15, 0.2) is 41.2 Å². The van der Waals surface area contributed by atoms with Gasteiger partial charge in [0.1, 0.15) is 36.1 Å². The molecule has 1 heterocycles. The van der Waals surface area contributed by atoms with Gasteiger partial charge in [-0.3, -0.25) is 4.79 Å². The van der Waals surface area contributed by atoms with Crippen molar-refractivity contribution in [3.8, 4) is 0 Å². The number of aryl methyl sites for hydroxylation is 1. The number of rotatable bonds is 6. The summed E-state index contributed by atoms with van der Waals surface area (Å²) in [7, 11) is 0. The molecule has 1 aliphatic carbocycles. The molecule has 0 aliphatic heterocycles. The number of ether oxygens (including phenoxy) is 1. The number of halogens is 2. The van der Waals surface area contributed by atoms with Gasteiger partial charge in [0.25, 0.3) is 0 Å². The van der Waals surface area contributed by atoms with Gasteiger partial charge in [0.15, 0.2) is 0 Å². The summed E-state index contributed by atoms with van der Waals surface area (Å²) in [4.78, 5) is 18.1. The van der Waals surface area contributed by atoms with Crippen LogP contribution in [0.3, 0.4) is 0 Å². The van der Waals surface area contributed by atoms with Crippen molar-refractivity contribution in [2.45, 2.75) is 33.3 Å². The average molecular weight is 320 g/mol. The second-order valence-corrected chi connectivity index (χ2v) is 5.10. The minimum absolute atomic E-state index is 0.0107. The van der Waals surface area contributed by atoms with E-state index in [2.05, 4.69) is 9.97 Å². The largest absolute Gasteiger partial charge is 0.485 e. The zero-order valence-electron chi connectivity index (χ0n) is 13.0. The van der Waals surface area contributed by atoms with Crippen LogP contribution in [0.1, 0.15) is 37.0 Å². The fourth-order valence-corrected chi connectivity index (χ4v) is 2.06. The van der Waals surface area contributed by atoms with Gasteiger partial charge in [0, 0.05) is 29.8 Å². The molecule has 0 spiro atoms. The van der Waals surface area contributed by atoms with E-state index in [1.54, 1.807) is 0 Å². The fourth-order valence-electron chi connectivity index (χ4n) is 2.06. The number of allylic oxidation sites excluding steroid dienone is 6. The molecule has 0 bridgehead atoms. The van der Waals surface area contributed by atoms with E-state index in [4.69, 9.17) is 4.74 Å². The van der Waals surface area contributed by atoms with Crippen LogP contribution in [0.5, 0.6) is 0 Å². The Labute approximate surface area is 133 Å². The zero-order valence-corrected chi connectivity index (χ0v) is 13.0. The van der Waals surface area contributed by atoms with Gasteiger partial charge in [-0.15, -0.1) is 0 Å². The predicted octanol–water partition coefficient (Wildman–Crippen LogP) is 4.22. The Morgan fingerprint density at radius 1 is 1.39 bits per heavy atom. The third kappa shape index (κ3) is 4.48. The molecule has 0 saturated carbocycles. The smallest absolute Gasteiger partial charge is 0.149 e. The van der Waals surface area contributed by atoms with E-state index in [-0.39, 0.29) is 24.4 Å². The van der Waals surface area contributed by atoms with Crippen molar-refractivity contribution in [3.05, 3.63) is 58.4 Å². The molecule has 0 radical (unpaired) electrons. The number of aromatic amines is 1. The lowest BCUT2D eigenvalue weighted by molar-refractivity contribution is -0.105. The number of nitrogens with one attached hydrogen (secondary N) is 1. The van der Waals surface area contributed by atoms with Gasteiger partial charge in [0.05, 0.1) is 5.69 Å². The molecule has 23 heavy (non-hydrogen) atoms. The fraction of sp³-hybridized carbons (Fsp3) is 0.294. The van der Waals surface area contributed by atoms with E-state index in [1.165, 1.54) is 0 Å². The molecular weight excluding hydrogens is 302 g/mol. The highest BCUT2D eigenvalue weighted by Crippen LogP contribution is 2.24. The molecule has 0 fully saturated rings. The molecule has 0 saturated heterocycles. The highest BCUT2D eigenvalue weighted by atomic mass is 19.1. The van der Waals surface area contributed by atoms with Crippen LogP contribution in [-0.2, 0) is 16.1 Å². The van der Waals surface area contributed by atoms with Crippen LogP contribution in [0.4, 0.5) is 8.78 Å². The van der Waals surface area contributed by atoms with Gasteiger partial charge in [-0.25, -0.2) is 13.8 Å². The third-order valence-electron chi connectivity index (χ3n) is 3.23. The SMILES string of the molecule is CC/C=C\c1nc(COC2=CC(F)=C(C=O)CC(F)=C2)[nH]c1C. The summed E-state index contributed by atoms with van der Waals surface area (Å²) in [6.07, 6.45) is 6.81. The first kappa shape index (κ1) is 16.9. The van der Waals surface area contributed by atoms with Crippen LogP contribution in [0.2, 0.25) is 0 Å². The monoisotopic (exact) mass is 320 g/mol. The maximum Gasteiger partial charge on any atom is 0.149 e. The lowest BCUT2D eigenvalue weighted by Gasteiger charge is -2.04. The number of aldehydes is 1. The number of H-pyrrole nitrogens is 1. The lowest BCUT2D eigenvalue weighted by Crippen LogP contribution is -1.95. The maximum atomic E-state index is 13.7. The minimum atomic E-state index is -0.791. The molecule has 0 unspecified atom stereocenters. The van der Waals surface area contributed by atoms with E-state index < -0.39 is 11.7 Å². The first-order valence-electron chi connectivity index (χ1n) is 7.30. The van der Waals surface area contributed by atoms with E-state index in [1.807, 2.05) is 26.0 Å². The molecule has 1 aromatic rings. The summed E-state index contributed by atoms with van der Waals surface area (Å²) in [6, 6.07) is 0. The summed E-state index contributed by atoms with van der Waals surface area (Å²) < 4.78 is 32.7. The summed E-state index contributed by atoms with van der Waals surface area (Å²) >= 11 is 0. The van der Waals surface area contributed by atoms with E-state index in [0.717, 1.165) is 30.0 Å². The molecule has 0 amide bonds. The first-order valence-corrected chi connectivity index (χ1v) is 7.30. The van der Waals surface area contributed by atoms with Crippen LogP contribution in [-0.4, -0.2) is 16.3 Å². The third-order valence-corrected chi connectivity index (χ3v) is 3.23. The topological polar surface area (TPSA) is 55.0 Å². The van der Waals surface area contributed by atoms with Gasteiger partial charge >= 0.3 is 0 Å². The van der Waals surface area contributed by atoms with Crippen molar-refractivity contribution in [1.29, 1.82) is 0 Å². The molecule has 6 heteroatoms. The molecule has 0 aromatic carbocycles. The standard InChI is InChI=1S/C17H18F2N2O2/c1-3-4-5-16-11(2)20-17(21-16)10-23-14-7-13(18)6-12(9-22)15(19)8-14/h4-5,7-9H,3,6,10H2,1-2H3,(H,20,21)/b5-4-. The number of imidazole rings is 1. The Morgan fingerprint density at radius 3 is 2.87 bits per heavy atom. The van der Waals surface area contributed by atoms with Crippen LogP contribution < -0.4 is 0 Å². The Kier molecular flexibility index (Phi) is 5.62. The van der Waals surface area contributed by atoms with Gasteiger partial charge in [0.2, 0.25) is 0 Å². The summed E-state index contributed by atoms with van der Waals surface area (Å²) in [5.41, 5.74) is 1.45. The molecular formula is C17H18F2N2O2. The van der Waals surface area contributed by atoms with Gasteiger partial charge in [-0.2, -0.15) is 0 Å². The number of carbonyl (C=O) groups is 1. The van der Waals surface area contributed by atoms with Crippen molar-refractivity contribution in [3.63, 3.8) is 0 Å². The first-order chi connectivity index (χ1) is 11.0. The normalized spacial score (nSPS) is 15.5. The van der Waals surface area contributed by atoms with Crippen molar-refractivity contribution in [2.24, 2.45) is 0 Å². The highest BCUT2D eigenvalue weighted by molar-refractivity contribution is 5.76. The zero-order chi connectivity index (χ0) is 16.8. The van der Waals surface area contributed by atoms with Crippen LogP contribution in [0, 0.1) is 6.92 Å². The Balaban J connectivity index is 2.11. The molecule has 0 atom stereocenters. The van der Waals surface area contributed by atoms with E-state index >= 15 is 0 Å². The Hall–Kier alpha value is -2.50. The number of carbonyl (C=O) groups excluding carboxylic acids is 1. The number of hydrogen-bond donors (Lipinski definition) is 1. The molecule has 2 rings (SSSR count). The van der Waals surface area contributed by atoms with Crippen molar-refractivity contribution >= 4 is 12.4 Å². The lowest BCUT2D eigenvalue weighted by atomic mass is 10.2. The second-order valence-electron chi connectivity index (χ2n) is 5.10. The van der Waals surface area contributed by atoms with Crippen molar-refractivity contribution in [1.82, 2.24) is 9.97 Å². The number of nitrogens with zero attached hydrogens (tertiary/aromatic N) is 1. The van der Waals surface area contributed by atoms with Gasteiger partial charge in [-0.05, 0) is 19.4 Å². The average Bonchev–Trinajstić information content (AvgIpc) is 2.80. The Morgan fingerprint density at radius 2 is 2.17 bits per heavy atom. The predicted molar refractivity (Wildman–Crippen MR) is 83.5 cm³/mol. The molecule has 4 nitrogen and oxygen atoms in total. The Bertz CT molecular complexity index is 712. The summed E-state index contributed by atoms with van der Waals surface area (Å²) in [5.74, 6) is -0.858. The van der Waals surface area contributed by atoms with Gasteiger partial charge in [-0.1, -0.05) is 13.0 Å². The number of aromatic nitrogens is 2. The van der Waals surface area contributed by atoms with Gasteiger partial charge < -0.3 is 9.72 Å².